The average Bonchev–Trinajstić information content (AvgIpc) is 2.93. The smallest absolute Gasteiger partial charge is 0.152 e. The zero-order valence-electron chi connectivity index (χ0n) is 15.3. The van der Waals surface area contributed by atoms with Crippen molar-refractivity contribution in [2.24, 2.45) is 0 Å². The van der Waals surface area contributed by atoms with Gasteiger partial charge in [-0.15, -0.1) is 0 Å². The second kappa shape index (κ2) is 8.72. The fourth-order valence-corrected chi connectivity index (χ4v) is 3.89. The summed E-state index contributed by atoms with van der Waals surface area (Å²) in [4.78, 5) is 0. The molecule has 0 N–H and O–H groups in total. The normalized spacial score (nSPS) is 12.5. The van der Waals surface area contributed by atoms with Crippen LogP contribution in [-0.2, 0) is 19.4 Å². The molecule has 0 bridgehead atoms. The van der Waals surface area contributed by atoms with Gasteiger partial charge >= 0.3 is 0 Å². The van der Waals surface area contributed by atoms with Crippen molar-refractivity contribution < 1.29 is 9.13 Å². The molecule has 0 radical (unpaired) electrons. The zero-order chi connectivity index (χ0) is 18.5. The van der Waals surface area contributed by atoms with Crippen molar-refractivity contribution in [1.29, 1.82) is 0 Å². The third kappa shape index (κ3) is 4.12. The molecular formula is C22H25BrFNO. The number of rotatable bonds is 8. The van der Waals surface area contributed by atoms with E-state index in [2.05, 4.69) is 46.5 Å². The predicted molar refractivity (Wildman–Crippen MR) is 110 cm³/mol. The lowest BCUT2D eigenvalue weighted by Gasteiger charge is -2.15. The molecule has 26 heavy (non-hydrogen) atoms. The molecule has 138 valence electrons. The van der Waals surface area contributed by atoms with Gasteiger partial charge in [-0.3, -0.25) is 0 Å². The standard InChI is InChI=1S/C22H25BrFNO/c1-3-8-21-19(4-2)20-13-16(23)11-12-22(20)25(21)14-17(24)15-26-18-9-6-5-7-10-18/h5-7,9-13,17H,3-4,8,14-15H2,1-2H3. The Bertz CT molecular complexity index is 859. The summed E-state index contributed by atoms with van der Waals surface area (Å²) in [5.74, 6) is 0.708. The first-order valence-corrected chi connectivity index (χ1v) is 10.0. The number of aromatic nitrogens is 1. The van der Waals surface area contributed by atoms with Crippen molar-refractivity contribution in [3.05, 3.63) is 64.3 Å². The maximum atomic E-state index is 14.8. The van der Waals surface area contributed by atoms with Crippen LogP contribution in [0.3, 0.4) is 0 Å². The summed E-state index contributed by atoms with van der Waals surface area (Å²) in [5.41, 5.74) is 3.70. The average molecular weight is 418 g/mol. The van der Waals surface area contributed by atoms with Gasteiger partial charge in [0.15, 0.2) is 6.17 Å². The van der Waals surface area contributed by atoms with Crippen LogP contribution in [-0.4, -0.2) is 17.3 Å². The monoisotopic (exact) mass is 417 g/mol. The molecule has 0 fully saturated rings. The molecule has 1 atom stereocenters. The van der Waals surface area contributed by atoms with E-state index in [1.165, 1.54) is 16.6 Å². The fraction of sp³-hybridized carbons (Fsp3) is 0.364. The van der Waals surface area contributed by atoms with Gasteiger partial charge in [0.25, 0.3) is 0 Å². The van der Waals surface area contributed by atoms with Crippen LogP contribution < -0.4 is 4.74 Å². The number of fused-ring (bicyclic) bond motifs is 1. The van der Waals surface area contributed by atoms with E-state index in [0.717, 1.165) is 29.3 Å². The SMILES string of the molecule is CCCc1c(CC)c2cc(Br)ccc2n1CC(F)COc1ccccc1. The molecule has 0 aliphatic carbocycles. The van der Waals surface area contributed by atoms with Crippen LogP contribution in [0.2, 0.25) is 0 Å². The number of benzene rings is 2. The Labute approximate surface area is 163 Å². The van der Waals surface area contributed by atoms with Gasteiger partial charge in [0.2, 0.25) is 0 Å². The molecule has 1 heterocycles. The Morgan fingerprint density at radius 1 is 1.12 bits per heavy atom. The maximum Gasteiger partial charge on any atom is 0.152 e. The summed E-state index contributed by atoms with van der Waals surface area (Å²) in [7, 11) is 0. The third-order valence-corrected chi connectivity index (χ3v) is 5.14. The molecule has 2 nitrogen and oxygen atoms in total. The van der Waals surface area contributed by atoms with Crippen molar-refractivity contribution in [3.8, 4) is 5.75 Å². The van der Waals surface area contributed by atoms with Crippen molar-refractivity contribution in [3.63, 3.8) is 0 Å². The first-order valence-electron chi connectivity index (χ1n) is 9.25. The third-order valence-electron chi connectivity index (χ3n) is 4.64. The van der Waals surface area contributed by atoms with Crippen molar-refractivity contribution in [1.82, 2.24) is 4.57 Å². The van der Waals surface area contributed by atoms with Gasteiger partial charge in [0, 0.05) is 21.1 Å². The molecule has 0 aliphatic heterocycles. The molecule has 0 aliphatic rings. The summed E-state index contributed by atoms with van der Waals surface area (Å²) in [6.07, 6.45) is 1.89. The van der Waals surface area contributed by atoms with Crippen LogP contribution in [0.4, 0.5) is 4.39 Å². The van der Waals surface area contributed by atoms with Crippen LogP contribution in [0.5, 0.6) is 5.75 Å². The summed E-state index contributed by atoms with van der Waals surface area (Å²) < 4.78 is 23.6. The number of hydrogen-bond donors (Lipinski definition) is 0. The largest absolute Gasteiger partial charge is 0.490 e. The summed E-state index contributed by atoms with van der Waals surface area (Å²) in [6, 6.07) is 15.7. The minimum absolute atomic E-state index is 0.0627. The number of alkyl halides is 1. The molecule has 0 saturated heterocycles. The van der Waals surface area contributed by atoms with E-state index in [0.29, 0.717) is 12.3 Å². The van der Waals surface area contributed by atoms with E-state index >= 15 is 0 Å². The Morgan fingerprint density at radius 2 is 1.88 bits per heavy atom. The topological polar surface area (TPSA) is 14.2 Å². The first-order chi connectivity index (χ1) is 12.6. The predicted octanol–water partition coefficient (Wildman–Crippen LogP) is 6.34. The Kier molecular flexibility index (Phi) is 6.36. The number of nitrogens with zero attached hydrogens (tertiary/aromatic N) is 1. The van der Waals surface area contributed by atoms with E-state index < -0.39 is 6.17 Å². The van der Waals surface area contributed by atoms with Gasteiger partial charge < -0.3 is 9.30 Å². The van der Waals surface area contributed by atoms with Gasteiger partial charge in [0.05, 0.1) is 6.54 Å². The highest BCUT2D eigenvalue weighted by molar-refractivity contribution is 9.10. The number of hydrogen-bond acceptors (Lipinski definition) is 1. The molecule has 2 aromatic carbocycles. The molecular weight excluding hydrogens is 393 g/mol. The van der Waals surface area contributed by atoms with Crippen LogP contribution in [0, 0.1) is 0 Å². The molecule has 3 rings (SSSR count). The lowest BCUT2D eigenvalue weighted by Crippen LogP contribution is -2.21. The number of halogens is 2. The highest BCUT2D eigenvalue weighted by Gasteiger charge is 2.19. The summed E-state index contributed by atoms with van der Waals surface area (Å²) in [5, 5.41) is 1.22. The summed E-state index contributed by atoms with van der Waals surface area (Å²) >= 11 is 3.57. The highest BCUT2D eigenvalue weighted by atomic mass is 79.9. The number of ether oxygens (including phenoxy) is 1. The van der Waals surface area contributed by atoms with Crippen molar-refractivity contribution in [2.75, 3.05) is 6.61 Å². The molecule has 0 amide bonds. The van der Waals surface area contributed by atoms with Gasteiger partial charge in [-0.05, 0) is 48.7 Å². The van der Waals surface area contributed by atoms with Crippen LogP contribution in [0.1, 0.15) is 31.5 Å². The van der Waals surface area contributed by atoms with Crippen LogP contribution in [0.25, 0.3) is 10.9 Å². The number of aryl methyl sites for hydroxylation is 1. The lowest BCUT2D eigenvalue weighted by molar-refractivity contribution is 0.179. The molecule has 3 aromatic rings. The second-order valence-electron chi connectivity index (χ2n) is 6.52. The van der Waals surface area contributed by atoms with E-state index in [-0.39, 0.29) is 6.61 Å². The van der Waals surface area contributed by atoms with Gasteiger partial charge in [-0.2, -0.15) is 0 Å². The number of para-hydroxylation sites is 1. The van der Waals surface area contributed by atoms with E-state index in [1.807, 2.05) is 36.4 Å². The van der Waals surface area contributed by atoms with E-state index in [1.54, 1.807) is 0 Å². The van der Waals surface area contributed by atoms with E-state index in [4.69, 9.17) is 4.74 Å². The Hall–Kier alpha value is -1.81. The Balaban J connectivity index is 1.86. The van der Waals surface area contributed by atoms with Gasteiger partial charge in [0.1, 0.15) is 12.4 Å². The molecule has 4 heteroatoms. The van der Waals surface area contributed by atoms with Crippen LogP contribution in [0.15, 0.2) is 53.0 Å². The summed E-state index contributed by atoms with van der Waals surface area (Å²) in [6.45, 7) is 4.72. The minimum Gasteiger partial charge on any atom is -0.490 e. The van der Waals surface area contributed by atoms with Gasteiger partial charge in [-0.25, -0.2) is 4.39 Å². The molecule has 0 spiro atoms. The van der Waals surface area contributed by atoms with Crippen LogP contribution >= 0.6 is 15.9 Å². The van der Waals surface area contributed by atoms with E-state index in [9.17, 15) is 4.39 Å². The van der Waals surface area contributed by atoms with Crippen molar-refractivity contribution >= 4 is 26.8 Å². The fourth-order valence-electron chi connectivity index (χ4n) is 3.53. The maximum absolute atomic E-state index is 14.8. The first kappa shape index (κ1) is 19.0. The molecule has 1 unspecified atom stereocenters. The second-order valence-corrected chi connectivity index (χ2v) is 7.44. The highest BCUT2D eigenvalue weighted by Crippen LogP contribution is 2.31. The Morgan fingerprint density at radius 3 is 2.58 bits per heavy atom. The molecule has 0 saturated carbocycles. The van der Waals surface area contributed by atoms with Crippen molar-refractivity contribution in [2.45, 2.75) is 45.8 Å². The lowest BCUT2D eigenvalue weighted by atomic mass is 10.1. The quantitative estimate of drug-likeness (QED) is 0.417. The van der Waals surface area contributed by atoms with Gasteiger partial charge in [-0.1, -0.05) is 54.4 Å². The minimum atomic E-state index is -1.06. The zero-order valence-corrected chi connectivity index (χ0v) is 16.9. The molecule has 1 aromatic heterocycles.